The molecular formula is C15H11ClN2. The Morgan fingerprint density at radius 1 is 1.22 bits per heavy atom. The maximum absolute atomic E-state index is 9.17. The van der Waals surface area contributed by atoms with Gasteiger partial charge in [-0.3, -0.25) is 4.98 Å². The summed E-state index contributed by atoms with van der Waals surface area (Å²) in [6, 6.07) is 13.6. The summed E-state index contributed by atoms with van der Waals surface area (Å²) in [5, 5.41) is 9.73. The molecule has 0 saturated carbocycles. The zero-order chi connectivity index (χ0) is 13.0. The van der Waals surface area contributed by atoms with Gasteiger partial charge in [0, 0.05) is 6.20 Å². The molecule has 0 saturated heterocycles. The van der Waals surface area contributed by atoms with Crippen LogP contribution in [0, 0.1) is 18.3 Å². The summed E-state index contributed by atoms with van der Waals surface area (Å²) < 4.78 is 0. The van der Waals surface area contributed by atoms with Crippen LogP contribution in [0.4, 0.5) is 0 Å². The van der Waals surface area contributed by atoms with Gasteiger partial charge in [0.2, 0.25) is 0 Å². The number of benzene rings is 1. The van der Waals surface area contributed by atoms with E-state index in [1.54, 1.807) is 12.1 Å². The summed E-state index contributed by atoms with van der Waals surface area (Å²) in [7, 11) is 0. The molecule has 0 atom stereocenters. The number of aromatic nitrogens is 1. The second-order valence-corrected chi connectivity index (χ2v) is 4.38. The van der Waals surface area contributed by atoms with Crippen molar-refractivity contribution in [2.45, 2.75) is 6.92 Å². The van der Waals surface area contributed by atoms with Crippen LogP contribution in [0.5, 0.6) is 0 Å². The van der Waals surface area contributed by atoms with Gasteiger partial charge < -0.3 is 0 Å². The van der Waals surface area contributed by atoms with Gasteiger partial charge >= 0.3 is 0 Å². The zero-order valence-electron chi connectivity index (χ0n) is 9.89. The van der Waals surface area contributed by atoms with Gasteiger partial charge in [0.05, 0.1) is 16.3 Å². The molecule has 1 heterocycles. The second-order valence-electron chi connectivity index (χ2n) is 3.94. The Hall–Kier alpha value is -2.11. The maximum atomic E-state index is 9.17. The minimum Gasteiger partial charge on any atom is -0.254 e. The predicted octanol–water partition coefficient (Wildman–Crippen LogP) is 4.11. The average Bonchev–Trinajstić information content (AvgIpc) is 2.39. The molecule has 1 aromatic heterocycles. The largest absolute Gasteiger partial charge is 0.254 e. The van der Waals surface area contributed by atoms with Crippen LogP contribution < -0.4 is 0 Å². The van der Waals surface area contributed by atoms with Crippen LogP contribution in [0.2, 0.25) is 5.02 Å². The van der Waals surface area contributed by atoms with Crippen molar-refractivity contribution in [1.82, 2.24) is 4.98 Å². The molecule has 0 radical (unpaired) electrons. The lowest BCUT2D eigenvalue weighted by atomic mass is 10.1. The molecule has 0 amide bonds. The van der Waals surface area contributed by atoms with Crippen LogP contribution >= 0.6 is 11.6 Å². The van der Waals surface area contributed by atoms with E-state index in [0.717, 1.165) is 5.56 Å². The van der Waals surface area contributed by atoms with E-state index in [-0.39, 0.29) is 0 Å². The van der Waals surface area contributed by atoms with Gasteiger partial charge in [-0.05, 0) is 30.7 Å². The zero-order valence-corrected chi connectivity index (χ0v) is 10.6. The molecule has 0 aliphatic carbocycles. The van der Waals surface area contributed by atoms with Gasteiger partial charge in [0.15, 0.2) is 0 Å². The summed E-state index contributed by atoms with van der Waals surface area (Å²) >= 11 is 5.77. The minimum absolute atomic E-state index is 0.524. The standard InChI is InChI=1S/C15H11ClN2/c1-11-2-4-12(5-3-11)8-13(9-17)15-7-6-14(16)10-18-15/h2-8,10H,1H3/b13-8+. The van der Waals surface area contributed by atoms with Crippen molar-refractivity contribution < 1.29 is 0 Å². The molecule has 3 heteroatoms. The molecule has 0 aliphatic heterocycles. The molecule has 0 N–H and O–H groups in total. The normalized spacial score (nSPS) is 11.1. The molecule has 88 valence electrons. The number of pyridine rings is 1. The van der Waals surface area contributed by atoms with Crippen molar-refractivity contribution in [1.29, 1.82) is 5.26 Å². The first-order chi connectivity index (χ1) is 8.69. The fraction of sp³-hybridized carbons (Fsp3) is 0.0667. The number of hydrogen-bond donors (Lipinski definition) is 0. The molecule has 0 spiro atoms. The van der Waals surface area contributed by atoms with E-state index in [1.807, 2.05) is 37.3 Å². The van der Waals surface area contributed by atoms with Gasteiger partial charge in [-0.2, -0.15) is 5.26 Å². The van der Waals surface area contributed by atoms with Crippen molar-refractivity contribution in [2.75, 3.05) is 0 Å². The monoisotopic (exact) mass is 254 g/mol. The van der Waals surface area contributed by atoms with E-state index in [2.05, 4.69) is 11.1 Å². The van der Waals surface area contributed by atoms with Crippen molar-refractivity contribution in [3.63, 3.8) is 0 Å². The van der Waals surface area contributed by atoms with Crippen molar-refractivity contribution in [2.24, 2.45) is 0 Å². The third-order valence-electron chi connectivity index (χ3n) is 2.51. The maximum Gasteiger partial charge on any atom is 0.101 e. The topological polar surface area (TPSA) is 36.7 Å². The smallest absolute Gasteiger partial charge is 0.101 e. The number of rotatable bonds is 2. The summed E-state index contributed by atoms with van der Waals surface area (Å²) in [6.45, 7) is 2.03. The van der Waals surface area contributed by atoms with Crippen LogP contribution in [-0.4, -0.2) is 4.98 Å². The predicted molar refractivity (Wildman–Crippen MR) is 73.9 cm³/mol. The van der Waals surface area contributed by atoms with Crippen molar-refractivity contribution in [3.8, 4) is 6.07 Å². The third kappa shape index (κ3) is 2.97. The van der Waals surface area contributed by atoms with E-state index >= 15 is 0 Å². The van der Waals surface area contributed by atoms with Crippen LogP contribution in [0.25, 0.3) is 11.6 Å². The van der Waals surface area contributed by atoms with Gasteiger partial charge in [-0.1, -0.05) is 41.4 Å². The van der Waals surface area contributed by atoms with Crippen molar-refractivity contribution in [3.05, 3.63) is 64.4 Å². The number of allylic oxidation sites excluding steroid dienone is 1. The quantitative estimate of drug-likeness (QED) is 0.757. The third-order valence-corrected chi connectivity index (χ3v) is 2.74. The Labute approximate surface area is 111 Å². The van der Waals surface area contributed by atoms with E-state index in [9.17, 15) is 5.26 Å². The fourth-order valence-electron chi connectivity index (χ4n) is 1.53. The van der Waals surface area contributed by atoms with Crippen molar-refractivity contribution >= 4 is 23.3 Å². The Morgan fingerprint density at radius 2 is 1.94 bits per heavy atom. The number of halogens is 1. The molecule has 0 aliphatic rings. The lowest BCUT2D eigenvalue weighted by Gasteiger charge is -1.99. The summed E-state index contributed by atoms with van der Waals surface area (Å²) in [6.07, 6.45) is 3.35. The first kappa shape index (κ1) is 12.3. The number of hydrogen-bond acceptors (Lipinski definition) is 2. The second kappa shape index (κ2) is 5.48. The molecule has 0 bridgehead atoms. The number of nitriles is 1. The highest BCUT2D eigenvalue weighted by Gasteiger charge is 2.02. The van der Waals surface area contributed by atoms with Crippen LogP contribution in [0.3, 0.4) is 0 Å². The Balaban J connectivity index is 2.37. The number of nitrogens with zero attached hydrogens (tertiary/aromatic N) is 2. The summed E-state index contributed by atoms with van der Waals surface area (Å²) in [5.41, 5.74) is 3.32. The average molecular weight is 255 g/mol. The SMILES string of the molecule is Cc1ccc(/C=C(\C#N)c2ccc(Cl)cn2)cc1. The highest BCUT2D eigenvalue weighted by atomic mass is 35.5. The molecule has 2 nitrogen and oxygen atoms in total. The van der Waals surface area contributed by atoms with Crippen LogP contribution in [0.15, 0.2) is 42.6 Å². The molecular weight excluding hydrogens is 244 g/mol. The first-order valence-corrected chi connectivity index (χ1v) is 5.87. The first-order valence-electron chi connectivity index (χ1n) is 5.49. The lowest BCUT2D eigenvalue weighted by Crippen LogP contribution is -1.86. The Kier molecular flexibility index (Phi) is 3.76. The molecule has 2 rings (SSSR count). The minimum atomic E-state index is 0.524. The number of aryl methyl sites for hydroxylation is 1. The molecule has 18 heavy (non-hydrogen) atoms. The van der Waals surface area contributed by atoms with E-state index < -0.39 is 0 Å². The van der Waals surface area contributed by atoms with Crippen LogP contribution in [-0.2, 0) is 0 Å². The summed E-state index contributed by atoms with van der Waals surface area (Å²) in [5.74, 6) is 0. The highest BCUT2D eigenvalue weighted by molar-refractivity contribution is 6.30. The molecule has 0 unspecified atom stereocenters. The Morgan fingerprint density at radius 3 is 2.50 bits per heavy atom. The molecule has 1 aromatic carbocycles. The highest BCUT2D eigenvalue weighted by Crippen LogP contribution is 2.17. The molecule has 0 fully saturated rings. The lowest BCUT2D eigenvalue weighted by molar-refractivity contribution is 1.28. The van der Waals surface area contributed by atoms with E-state index in [0.29, 0.717) is 16.3 Å². The van der Waals surface area contributed by atoms with Gasteiger partial charge in [-0.15, -0.1) is 0 Å². The van der Waals surface area contributed by atoms with E-state index in [4.69, 9.17) is 11.6 Å². The molecule has 2 aromatic rings. The van der Waals surface area contributed by atoms with Crippen LogP contribution in [0.1, 0.15) is 16.8 Å². The fourth-order valence-corrected chi connectivity index (χ4v) is 1.64. The summed E-state index contributed by atoms with van der Waals surface area (Å²) in [4.78, 5) is 4.14. The van der Waals surface area contributed by atoms with Gasteiger partial charge in [0.25, 0.3) is 0 Å². The Bertz CT molecular complexity index is 604. The van der Waals surface area contributed by atoms with Gasteiger partial charge in [-0.25, -0.2) is 0 Å². The van der Waals surface area contributed by atoms with E-state index in [1.165, 1.54) is 11.8 Å². The van der Waals surface area contributed by atoms with Gasteiger partial charge in [0.1, 0.15) is 6.07 Å².